The summed E-state index contributed by atoms with van der Waals surface area (Å²) < 4.78 is 71.0. The number of nitrogens with zero attached hydrogens (tertiary/aromatic N) is 2. The molecule has 2 heterocycles. The highest BCUT2D eigenvalue weighted by atomic mass is 35.5. The maximum Gasteiger partial charge on any atom is 0.411 e. The molecule has 4 amide bonds. The van der Waals surface area contributed by atoms with Gasteiger partial charge in [-0.05, 0) is 104 Å². The van der Waals surface area contributed by atoms with E-state index in [2.05, 4.69) is 31.3 Å². The number of amides is 4. The molecular formula is C40H42ClF5N8O6. The minimum atomic E-state index is -5.46. The number of aromatic amines is 1. The molecule has 1 saturated carbocycles. The number of hydrogen-bond acceptors (Lipinski definition) is 8. The van der Waals surface area contributed by atoms with Gasteiger partial charge in [0.05, 0.1) is 5.56 Å². The zero-order valence-electron chi connectivity index (χ0n) is 31.8. The minimum Gasteiger partial charge on any atom is -0.477 e. The van der Waals surface area contributed by atoms with Crippen molar-refractivity contribution in [1.82, 2.24) is 31.1 Å². The highest BCUT2D eigenvalue weighted by Crippen LogP contribution is 2.42. The Hall–Kier alpha value is -5.95. The summed E-state index contributed by atoms with van der Waals surface area (Å²) >= 11 is 0. The van der Waals surface area contributed by atoms with Crippen LogP contribution in [0.4, 0.5) is 27.6 Å². The molecule has 2 aliphatic rings. The average molecular weight is 861 g/mol. The van der Waals surface area contributed by atoms with Crippen LogP contribution in [0.5, 0.6) is 0 Å². The monoisotopic (exact) mass is 860 g/mol. The van der Waals surface area contributed by atoms with Crippen molar-refractivity contribution >= 4 is 47.7 Å². The van der Waals surface area contributed by atoms with Crippen molar-refractivity contribution in [3.05, 3.63) is 89.5 Å². The number of carboxylic acid groups (broad SMARTS) is 1. The van der Waals surface area contributed by atoms with Crippen molar-refractivity contribution in [2.75, 3.05) is 18.4 Å². The smallest absolute Gasteiger partial charge is 0.411 e. The summed E-state index contributed by atoms with van der Waals surface area (Å²) in [4.78, 5) is 66.1. The van der Waals surface area contributed by atoms with Gasteiger partial charge in [-0.2, -0.15) is 22.7 Å². The zero-order valence-corrected chi connectivity index (χ0v) is 32.6. The molecule has 0 unspecified atom stereocenters. The molecule has 2 atom stereocenters. The third-order valence-corrected chi connectivity index (χ3v) is 10.6. The van der Waals surface area contributed by atoms with E-state index < -0.39 is 59.2 Å². The molecule has 60 heavy (non-hydrogen) atoms. The summed E-state index contributed by atoms with van der Waals surface area (Å²) in [5, 5.41) is 24.6. The van der Waals surface area contributed by atoms with Gasteiger partial charge in [-0.3, -0.25) is 24.3 Å². The third kappa shape index (κ3) is 10.1. The Bertz CT molecular complexity index is 2200. The molecule has 1 saturated heterocycles. The molecule has 4 aromatic rings. The molecule has 3 aromatic carbocycles. The molecule has 6 rings (SSSR count). The van der Waals surface area contributed by atoms with Crippen LogP contribution in [0.15, 0.2) is 66.7 Å². The number of aliphatic carboxylic acids is 1. The summed E-state index contributed by atoms with van der Waals surface area (Å²) in [7, 11) is 0. The number of anilines is 1. The van der Waals surface area contributed by atoms with Crippen LogP contribution < -0.4 is 27.0 Å². The van der Waals surface area contributed by atoms with Crippen molar-refractivity contribution in [2.24, 2.45) is 17.6 Å². The van der Waals surface area contributed by atoms with Crippen molar-refractivity contribution in [2.45, 2.75) is 68.9 Å². The molecule has 20 heteroatoms. The van der Waals surface area contributed by atoms with Crippen LogP contribution >= 0.6 is 12.4 Å². The first-order valence-corrected chi connectivity index (χ1v) is 18.9. The first-order chi connectivity index (χ1) is 28.1. The molecule has 320 valence electrons. The number of carbonyl (C=O) groups excluding carboxylic acids is 4. The average Bonchev–Trinajstić information content (AvgIpc) is 3.73. The van der Waals surface area contributed by atoms with Gasteiger partial charge in [0.15, 0.2) is 5.82 Å². The summed E-state index contributed by atoms with van der Waals surface area (Å²) in [5.41, 5.74) is 7.61. The highest BCUT2D eigenvalue weighted by Gasteiger charge is 2.65. The second kappa shape index (κ2) is 19.0. The number of alkyl halides is 4. The Morgan fingerprint density at radius 3 is 2.17 bits per heavy atom. The van der Waals surface area contributed by atoms with E-state index in [1.165, 1.54) is 36.4 Å². The number of benzene rings is 3. The van der Waals surface area contributed by atoms with E-state index in [1.807, 2.05) is 0 Å². The minimum absolute atomic E-state index is 0. The zero-order chi connectivity index (χ0) is 42.5. The molecule has 8 N–H and O–H groups in total. The van der Waals surface area contributed by atoms with Gasteiger partial charge in [0.25, 0.3) is 5.91 Å². The van der Waals surface area contributed by atoms with Crippen LogP contribution in [0, 0.1) is 17.7 Å². The number of nitrogens with one attached hydrogen (secondary N) is 5. The number of carbonyl (C=O) groups is 5. The fourth-order valence-electron chi connectivity index (χ4n) is 7.00. The van der Waals surface area contributed by atoms with Crippen LogP contribution in [-0.2, 0) is 31.5 Å². The second-order valence-electron chi connectivity index (χ2n) is 14.6. The number of halogens is 6. The SMILES string of the molecule is Cl.NC[C@H]1CC[C@H](C(=O)N[C@@H](Cc2ccc(-c3ccc(C(=O)N[C@@H]4CCCNC4=O)c(F)c3)cc2)C(=O)Nc2ccc(-c3n[nH]c(C(F)(F)C(F)(F)C(=O)O)n3)cc2)CC1. The van der Waals surface area contributed by atoms with Gasteiger partial charge in [-0.15, -0.1) is 12.4 Å². The molecule has 0 radical (unpaired) electrons. The summed E-state index contributed by atoms with van der Waals surface area (Å²) in [5.74, 6) is -18.5. The fourth-order valence-corrected chi connectivity index (χ4v) is 7.00. The van der Waals surface area contributed by atoms with E-state index >= 15 is 4.39 Å². The molecule has 2 fully saturated rings. The highest BCUT2D eigenvalue weighted by molar-refractivity contribution is 5.99. The Kier molecular flexibility index (Phi) is 14.3. The normalized spacial score (nSPS) is 18.6. The predicted molar refractivity (Wildman–Crippen MR) is 210 cm³/mol. The molecule has 1 aliphatic carbocycles. The Labute approximate surface area is 346 Å². The van der Waals surface area contributed by atoms with Gasteiger partial charge < -0.3 is 32.1 Å². The van der Waals surface area contributed by atoms with Gasteiger partial charge in [0.1, 0.15) is 17.9 Å². The summed E-state index contributed by atoms with van der Waals surface area (Å²) in [6, 6.07) is 14.5. The number of aromatic nitrogens is 3. The fraction of sp³-hybridized carbons (Fsp3) is 0.375. The number of carboxylic acids is 1. The van der Waals surface area contributed by atoms with E-state index in [4.69, 9.17) is 10.8 Å². The Morgan fingerprint density at radius 1 is 0.900 bits per heavy atom. The van der Waals surface area contributed by atoms with E-state index in [1.54, 1.807) is 35.4 Å². The molecule has 1 aromatic heterocycles. The van der Waals surface area contributed by atoms with Gasteiger partial charge in [-0.1, -0.05) is 30.3 Å². The van der Waals surface area contributed by atoms with Crippen molar-refractivity contribution in [3.63, 3.8) is 0 Å². The topological polar surface area (TPSA) is 221 Å². The number of piperidine rings is 1. The van der Waals surface area contributed by atoms with Gasteiger partial charge >= 0.3 is 17.8 Å². The number of rotatable bonds is 14. The van der Waals surface area contributed by atoms with Crippen LogP contribution in [0.25, 0.3) is 22.5 Å². The Balaban J connectivity index is 0.00000683. The number of nitrogens with two attached hydrogens (primary N) is 1. The van der Waals surface area contributed by atoms with Crippen LogP contribution in [0.3, 0.4) is 0 Å². The summed E-state index contributed by atoms with van der Waals surface area (Å²) in [6.45, 7) is 1.04. The largest absolute Gasteiger partial charge is 0.477 e. The predicted octanol–water partition coefficient (Wildman–Crippen LogP) is 4.95. The van der Waals surface area contributed by atoms with E-state index in [9.17, 15) is 41.5 Å². The lowest BCUT2D eigenvalue weighted by Gasteiger charge is -2.28. The lowest BCUT2D eigenvalue weighted by atomic mass is 9.81. The van der Waals surface area contributed by atoms with Crippen molar-refractivity contribution in [1.29, 1.82) is 0 Å². The molecule has 14 nitrogen and oxygen atoms in total. The van der Waals surface area contributed by atoms with E-state index in [0.29, 0.717) is 61.4 Å². The molecular weight excluding hydrogens is 819 g/mol. The second-order valence-corrected chi connectivity index (χ2v) is 14.6. The van der Waals surface area contributed by atoms with Gasteiger partial charge in [0, 0.05) is 30.1 Å². The van der Waals surface area contributed by atoms with Crippen LogP contribution in [-0.4, -0.2) is 81.0 Å². The van der Waals surface area contributed by atoms with Gasteiger partial charge in [-0.25, -0.2) is 14.2 Å². The van der Waals surface area contributed by atoms with E-state index in [0.717, 1.165) is 12.8 Å². The number of hydrogen-bond donors (Lipinski definition) is 7. The summed E-state index contributed by atoms with van der Waals surface area (Å²) in [6.07, 6.45) is 3.94. The van der Waals surface area contributed by atoms with Crippen molar-refractivity contribution in [3.8, 4) is 22.5 Å². The molecule has 1 aliphatic heterocycles. The lowest BCUT2D eigenvalue weighted by Crippen LogP contribution is -2.50. The van der Waals surface area contributed by atoms with Crippen molar-refractivity contribution < 1.29 is 51.0 Å². The van der Waals surface area contributed by atoms with Crippen LogP contribution in [0.2, 0.25) is 0 Å². The van der Waals surface area contributed by atoms with Gasteiger partial charge in [0.2, 0.25) is 23.5 Å². The third-order valence-electron chi connectivity index (χ3n) is 10.6. The first-order valence-electron chi connectivity index (χ1n) is 18.9. The Morgan fingerprint density at radius 2 is 1.55 bits per heavy atom. The maximum atomic E-state index is 15.2. The maximum absolute atomic E-state index is 15.2. The van der Waals surface area contributed by atoms with Crippen LogP contribution in [0.1, 0.15) is 60.3 Å². The van der Waals surface area contributed by atoms with E-state index in [-0.39, 0.29) is 53.4 Å². The quantitative estimate of drug-likeness (QED) is 0.0852. The number of H-pyrrole nitrogens is 1. The standard InChI is InChI=1S/C40H41F5N8O6.ClH/c41-29-19-26(13-16-28(29)34(55)49-30-2-1-17-47-35(30)56)23-7-3-21(4-8-23)18-31(50-33(54)25-9-5-22(20-46)6-10-25)36(57)48-27-14-11-24(12-15-27)32-51-37(53-52-32)39(42,43)40(44,45)38(58)59;/h3-4,7-8,11-16,19,22,25,30-31H,1-2,5-6,9-10,17-18,20,46H2,(H,47,56)(H,48,57)(H,49,55)(H,50,54)(H,58,59)(H,51,52,53);1H/t22-,25-,30-,31+;/m1./s1. The lowest BCUT2D eigenvalue weighted by molar-refractivity contribution is -0.231. The molecule has 0 bridgehead atoms. The first kappa shape index (κ1) is 45.1. The molecule has 0 spiro atoms.